The molecule has 6 heteroatoms. The lowest BCUT2D eigenvalue weighted by atomic mass is 9.77. The van der Waals surface area contributed by atoms with Crippen molar-refractivity contribution in [1.29, 1.82) is 0 Å². The minimum Gasteiger partial charge on any atom is -0.495 e. The summed E-state index contributed by atoms with van der Waals surface area (Å²) in [7, 11) is 1.64. The number of ether oxygens (including phenoxy) is 1. The lowest BCUT2D eigenvalue weighted by Crippen LogP contribution is -2.32. The van der Waals surface area contributed by atoms with E-state index in [4.69, 9.17) is 27.9 Å². The van der Waals surface area contributed by atoms with Crippen LogP contribution in [0.1, 0.15) is 52.7 Å². The third kappa shape index (κ3) is 3.72. The van der Waals surface area contributed by atoms with Gasteiger partial charge in [-0.3, -0.25) is 4.79 Å². The van der Waals surface area contributed by atoms with Gasteiger partial charge in [-0.05, 0) is 69.7 Å². The highest BCUT2D eigenvalue weighted by atomic mass is 35.5. The summed E-state index contributed by atoms with van der Waals surface area (Å²) >= 11 is 12.7. The Balaban J connectivity index is 1.61. The molecule has 5 rings (SSSR count). The van der Waals surface area contributed by atoms with E-state index >= 15 is 0 Å². The van der Waals surface area contributed by atoms with Gasteiger partial charge in [-0.1, -0.05) is 37.0 Å². The van der Waals surface area contributed by atoms with Crippen LogP contribution < -0.4 is 4.90 Å². The van der Waals surface area contributed by atoms with E-state index in [9.17, 15) is 4.79 Å². The summed E-state index contributed by atoms with van der Waals surface area (Å²) in [6.07, 6.45) is 4.01. The molecule has 0 radical (unpaired) electrons. The molecule has 0 fully saturated rings. The van der Waals surface area contributed by atoms with Crippen LogP contribution in [0, 0.1) is 0 Å². The summed E-state index contributed by atoms with van der Waals surface area (Å²) < 4.78 is 8.08. The first-order chi connectivity index (χ1) is 17.5. The number of carbonyl (C=O) groups excluding carboxylic acids is 1. The second kappa shape index (κ2) is 8.89. The third-order valence-corrected chi connectivity index (χ3v) is 8.56. The van der Waals surface area contributed by atoms with Gasteiger partial charge in [-0.15, -0.1) is 0 Å². The molecule has 4 nitrogen and oxygen atoms in total. The Morgan fingerprint density at radius 1 is 0.946 bits per heavy atom. The highest BCUT2D eigenvalue weighted by Gasteiger charge is 2.47. The molecule has 1 aliphatic carbocycles. The first-order valence-corrected chi connectivity index (χ1v) is 13.5. The summed E-state index contributed by atoms with van der Waals surface area (Å²) in [4.78, 5) is 15.9. The van der Waals surface area contributed by atoms with E-state index < -0.39 is 0 Å². The maximum absolute atomic E-state index is 13.6. The molecule has 192 valence electrons. The standard InChI is InChI=1S/C31H33Cl2N2O2/c1-8-34-24-12-10-18(32)14-22(24)30(3,4)26(34)16-20-28(36)21(29(20)37-7)17-27-31(5,6)23-15-19(33)11-13-25(23)35(27)9-2/h10-17H,8-9H2,1-7H3/q+1. The maximum Gasteiger partial charge on any atom is 0.209 e. The summed E-state index contributed by atoms with van der Waals surface area (Å²) in [5, 5.41) is 1.43. The lowest BCUT2D eigenvalue weighted by Gasteiger charge is -2.29. The number of hydrogen-bond acceptors (Lipinski definition) is 3. The van der Waals surface area contributed by atoms with Gasteiger partial charge < -0.3 is 9.64 Å². The van der Waals surface area contributed by atoms with E-state index in [1.54, 1.807) is 7.11 Å². The number of allylic oxidation sites excluding steroid dienone is 5. The highest BCUT2D eigenvalue weighted by Crippen LogP contribution is 2.50. The fourth-order valence-electron chi connectivity index (χ4n) is 6.09. The van der Waals surface area contributed by atoms with Crippen LogP contribution in [0.2, 0.25) is 10.0 Å². The van der Waals surface area contributed by atoms with Crippen LogP contribution in [0.4, 0.5) is 11.4 Å². The number of fused-ring (bicyclic) bond motifs is 2. The molecule has 2 heterocycles. The number of rotatable bonds is 5. The van der Waals surface area contributed by atoms with Crippen molar-refractivity contribution in [1.82, 2.24) is 0 Å². The first-order valence-electron chi connectivity index (χ1n) is 12.8. The molecule has 2 aromatic carbocycles. The van der Waals surface area contributed by atoms with Crippen molar-refractivity contribution in [3.8, 4) is 0 Å². The molecule has 0 saturated heterocycles. The van der Waals surface area contributed by atoms with E-state index in [2.05, 4.69) is 63.2 Å². The quantitative estimate of drug-likeness (QED) is 0.293. The number of carbonyl (C=O) groups is 1. The number of benzene rings is 2. The van der Waals surface area contributed by atoms with Crippen LogP contribution in [0.5, 0.6) is 0 Å². The van der Waals surface area contributed by atoms with Crippen molar-refractivity contribution in [3.63, 3.8) is 0 Å². The third-order valence-electron chi connectivity index (χ3n) is 8.08. The molecule has 0 saturated carbocycles. The second-order valence-electron chi connectivity index (χ2n) is 10.8. The summed E-state index contributed by atoms with van der Waals surface area (Å²) in [5.74, 6) is 0.630. The topological polar surface area (TPSA) is 32.5 Å². The van der Waals surface area contributed by atoms with Crippen LogP contribution in [0.15, 0.2) is 71.2 Å². The summed E-state index contributed by atoms with van der Waals surface area (Å²) in [6.45, 7) is 14.5. The highest BCUT2D eigenvalue weighted by molar-refractivity contribution is 6.31. The number of methoxy groups -OCH3 is 1. The van der Waals surface area contributed by atoms with Crippen molar-refractivity contribution < 1.29 is 14.1 Å². The van der Waals surface area contributed by atoms with Crippen LogP contribution >= 0.6 is 23.2 Å². The number of Topliss-reactive ketones (excluding diaryl/α,β-unsaturated/α-hetero) is 1. The SMILES string of the molecule is CCN1/C(=C\C2=C(OC)C(=C\C3=[N+](CC)c4ccc(Cl)cc4C3(C)C)/C2=O)C(C)(C)c2cc(Cl)ccc21. The van der Waals surface area contributed by atoms with Crippen molar-refractivity contribution in [2.45, 2.75) is 52.4 Å². The van der Waals surface area contributed by atoms with Crippen molar-refractivity contribution in [3.05, 3.63) is 92.3 Å². The number of hydrogen-bond donors (Lipinski definition) is 0. The zero-order valence-corrected chi connectivity index (χ0v) is 24.0. The molecule has 0 spiro atoms. The van der Waals surface area contributed by atoms with Gasteiger partial charge in [-0.2, -0.15) is 4.58 Å². The lowest BCUT2D eigenvalue weighted by molar-refractivity contribution is -0.433. The number of likely N-dealkylation sites (N-methyl/N-ethyl adjacent to an activating group) is 1. The summed E-state index contributed by atoms with van der Waals surface area (Å²) in [6, 6.07) is 12.0. The van der Waals surface area contributed by atoms with Crippen LogP contribution in [-0.4, -0.2) is 36.3 Å². The second-order valence-corrected chi connectivity index (χ2v) is 11.7. The van der Waals surface area contributed by atoms with E-state index in [0.29, 0.717) is 27.0 Å². The molecule has 0 atom stereocenters. The van der Waals surface area contributed by atoms with Crippen LogP contribution in [0.3, 0.4) is 0 Å². The zero-order valence-electron chi connectivity index (χ0n) is 22.5. The molecule has 0 bridgehead atoms. The van der Waals surface area contributed by atoms with Gasteiger partial charge in [0.05, 0.1) is 23.7 Å². The molecule has 2 aromatic rings. The van der Waals surface area contributed by atoms with Crippen molar-refractivity contribution >= 4 is 46.1 Å². The van der Waals surface area contributed by atoms with Crippen LogP contribution in [0.25, 0.3) is 0 Å². The number of halogens is 2. The van der Waals surface area contributed by atoms with E-state index in [0.717, 1.165) is 47.0 Å². The van der Waals surface area contributed by atoms with E-state index in [-0.39, 0.29) is 16.6 Å². The number of nitrogens with zero attached hydrogens (tertiary/aromatic N) is 2. The fraction of sp³-hybridized carbons (Fsp3) is 0.355. The molecular weight excluding hydrogens is 503 g/mol. The smallest absolute Gasteiger partial charge is 0.209 e. The van der Waals surface area contributed by atoms with Gasteiger partial charge in [0, 0.05) is 51.1 Å². The minimum atomic E-state index is -0.302. The Bertz CT molecular complexity index is 1470. The average molecular weight is 537 g/mol. The molecule has 0 amide bonds. The van der Waals surface area contributed by atoms with Gasteiger partial charge in [0.2, 0.25) is 11.5 Å². The number of ketones is 1. The maximum atomic E-state index is 13.6. The van der Waals surface area contributed by atoms with Gasteiger partial charge in [0.15, 0.2) is 5.71 Å². The zero-order chi connectivity index (χ0) is 26.9. The molecule has 2 aliphatic heterocycles. The largest absolute Gasteiger partial charge is 0.495 e. The molecular formula is C31H33Cl2N2O2+. The Kier molecular flexibility index (Phi) is 6.20. The average Bonchev–Trinajstić information content (AvgIpc) is 3.20. The normalized spacial score (nSPS) is 21.6. The number of anilines is 1. The minimum absolute atomic E-state index is 0.00136. The van der Waals surface area contributed by atoms with Gasteiger partial charge in [0.25, 0.3) is 0 Å². The molecule has 0 unspecified atom stereocenters. The first kappa shape index (κ1) is 25.8. The predicted octanol–water partition coefficient (Wildman–Crippen LogP) is 7.50. The van der Waals surface area contributed by atoms with Gasteiger partial charge >= 0.3 is 0 Å². The molecule has 0 N–H and O–H groups in total. The van der Waals surface area contributed by atoms with E-state index in [1.807, 2.05) is 36.4 Å². The predicted molar refractivity (Wildman–Crippen MR) is 153 cm³/mol. The monoisotopic (exact) mass is 535 g/mol. The summed E-state index contributed by atoms with van der Waals surface area (Å²) in [5.41, 5.74) is 7.32. The van der Waals surface area contributed by atoms with Crippen LogP contribution in [-0.2, 0) is 20.4 Å². The molecule has 0 aromatic heterocycles. The Morgan fingerprint density at radius 3 is 2.22 bits per heavy atom. The Morgan fingerprint density at radius 2 is 1.59 bits per heavy atom. The Hall–Kier alpha value is -2.82. The van der Waals surface area contributed by atoms with Gasteiger partial charge in [-0.25, -0.2) is 0 Å². The van der Waals surface area contributed by atoms with Gasteiger partial charge in [0.1, 0.15) is 12.3 Å². The molecule has 3 aliphatic rings. The molecule has 37 heavy (non-hydrogen) atoms. The van der Waals surface area contributed by atoms with E-state index in [1.165, 1.54) is 0 Å². The fourth-order valence-corrected chi connectivity index (χ4v) is 6.43. The van der Waals surface area contributed by atoms with Crippen molar-refractivity contribution in [2.24, 2.45) is 0 Å². The van der Waals surface area contributed by atoms with Crippen molar-refractivity contribution in [2.75, 3.05) is 25.1 Å². The Labute approximate surface area is 229 Å².